The Balaban J connectivity index is 2.19. The molecule has 140 valence electrons. The van der Waals surface area contributed by atoms with Crippen molar-refractivity contribution in [3.05, 3.63) is 29.8 Å². The summed E-state index contributed by atoms with van der Waals surface area (Å²) in [5.74, 6) is 0.336. The van der Waals surface area contributed by atoms with Gasteiger partial charge in [0.2, 0.25) is 15.9 Å². The molecule has 0 N–H and O–H groups in total. The molecule has 1 aliphatic carbocycles. The second kappa shape index (κ2) is 8.81. The van der Waals surface area contributed by atoms with Crippen molar-refractivity contribution in [2.45, 2.75) is 56.3 Å². The minimum absolute atomic E-state index is 0.118. The van der Waals surface area contributed by atoms with Gasteiger partial charge in [0.05, 0.1) is 11.4 Å². The molecule has 25 heavy (non-hydrogen) atoms. The molecule has 1 aliphatic rings. The molecule has 1 amide bonds. The number of carbonyl (C=O) groups excluding carboxylic acids is 1. The van der Waals surface area contributed by atoms with Gasteiger partial charge < -0.3 is 4.90 Å². The van der Waals surface area contributed by atoms with Crippen LogP contribution in [0, 0.1) is 0 Å². The van der Waals surface area contributed by atoms with E-state index >= 15 is 0 Å². The molecule has 0 saturated heterocycles. The van der Waals surface area contributed by atoms with Gasteiger partial charge in [-0.15, -0.1) is 0 Å². The van der Waals surface area contributed by atoms with Gasteiger partial charge in [-0.25, -0.2) is 8.42 Å². The number of benzene rings is 1. The average molecular weight is 367 g/mol. The van der Waals surface area contributed by atoms with Crippen molar-refractivity contribution in [3.8, 4) is 0 Å². The molecule has 0 aromatic heterocycles. The van der Waals surface area contributed by atoms with Gasteiger partial charge in [-0.2, -0.15) is 4.31 Å². The number of likely N-dealkylation sites (N-methyl/N-ethyl adjacent to an activating group) is 1. The molecule has 0 bridgehead atoms. The number of nitrogens with zero attached hydrogens (tertiary/aromatic N) is 2. The van der Waals surface area contributed by atoms with Gasteiger partial charge in [-0.05, 0) is 42.9 Å². The maximum atomic E-state index is 12.9. The maximum Gasteiger partial charge on any atom is 0.243 e. The van der Waals surface area contributed by atoms with E-state index in [2.05, 4.69) is 0 Å². The maximum absolute atomic E-state index is 12.9. The number of rotatable bonds is 7. The van der Waals surface area contributed by atoms with Crippen LogP contribution in [-0.4, -0.2) is 50.7 Å². The summed E-state index contributed by atoms with van der Waals surface area (Å²) in [7, 11) is -0.380. The monoisotopic (exact) mass is 366 g/mol. The van der Waals surface area contributed by atoms with E-state index in [9.17, 15) is 13.2 Å². The van der Waals surface area contributed by atoms with Crippen LogP contribution in [0.1, 0.15) is 56.9 Å². The Morgan fingerprint density at radius 1 is 1.08 bits per heavy atom. The van der Waals surface area contributed by atoms with Crippen LogP contribution in [0.25, 0.3) is 0 Å². The number of amides is 1. The van der Waals surface area contributed by atoms with Crippen LogP contribution in [0.2, 0.25) is 0 Å². The lowest BCUT2D eigenvalue weighted by Crippen LogP contribution is -2.40. The van der Waals surface area contributed by atoms with E-state index < -0.39 is 10.0 Å². The number of hydrogen-bond acceptors (Lipinski definition) is 3. The van der Waals surface area contributed by atoms with Gasteiger partial charge in [0, 0.05) is 20.6 Å². The average Bonchev–Trinajstić information content (AvgIpc) is 2.62. The zero-order valence-corrected chi connectivity index (χ0v) is 16.4. The Hall–Kier alpha value is -1.40. The van der Waals surface area contributed by atoms with E-state index in [1.165, 1.54) is 46.9 Å². The van der Waals surface area contributed by atoms with Crippen LogP contribution >= 0.6 is 0 Å². The fourth-order valence-corrected chi connectivity index (χ4v) is 4.80. The molecule has 1 fully saturated rings. The van der Waals surface area contributed by atoms with E-state index in [0.717, 1.165) is 0 Å². The lowest BCUT2D eigenvalue weighted by molar-refractivity contribution is -0.128. The van der Waals surface area contributed by atoms with Gasteiger partial charge in [0.25, 0.3) is 0 Å². The van der Waals surface area contributed by atoms with Crippen molar-refractivity contribution in [3.63, 3.8) is 0 Å². The molecular formula is C19H30N2O3S. The molecule has 0 atom stereocenters. The fourth-order valence-electron chi connectivity index (χ4n) is 3.32. The predicted molar refractivity (Wildman–Crippen MR) is 100 cm³/mol. The second-order valence-electron chi connectivity index (χ2n) is 7.03. The zero-order valence-electron chi connectivity index (χ0n) is 15.6. The Labute approximate surface area is 152 Å². The highest BCUT2D eigenvalue weighted by Gasteiger charge is 2.27. The minimum Gasteiger partial charge on any atom is -0.348 e. The number of sulfonamides is 1. The summed E-state index contributed by atoms with van der Waals surface area (Å²) in [6.45, 7) is 2.13. The summed E-state index contributed by atoms with van der Waals surface area (Å²) in [5, 5.41) is 0. The van der Waals surface area contributed by atoms with Gasteiger partial charge in [-0.3, -0.25) is 4.79 Å². The molecule has 2 rings (SSSR count). The molecular weight excluding hydrogens is 336 g/mol. The normalized spacial score (nSPS) is 16.2. The first-order valence-electron chi connectivity index (χ1n) is 9.16. The molecule has 0 aliphatic heterocycles. The smallest absolute Gasteiger partial charge is 0.243 e. The summed E-state index contributed by atoms with van der Waals surface area (Å²) in [4.78, 5) is 13.7. The third-order valence-electron chi connectivity index (χ3n) is 4.88. The van der Waals surface area contributed by atoms with Gasteiger partial charge >= 0.3 is 0 Å². The van der Waals surface area contributed by atoms with Crippen LogP contribution in [-0.2, 0) is 14.8 Å². The first-order valence-corrected chi connectivity index (χ1v) is 10.6. The van der Waals surface area contributed by atoms with Crippen LogP contribution < -0.4 is 0 Å². The molecule has 5 nitrogen and oxygen atoms in total. The molecule has 1 aromatic rings. The van der Waals surface area contributed by atoms with E-state index in [1.54, 1.807) is 26.2 Å². The topological polar surface area (TPSA) is 57.7 Å². The third kappa shape index (κ3) is 5.05. The lowest BCUT2D eigenvalue weighted by atomic mass is 9.84. The molecule has 0 heterocycles. The van der Waals surface area contributed by atoms with Gasteiger partial charge in [0.15, 0.2) is 0 Å². The Morgan fingerprint density at radius 2 is 1.68 bits per heavy atom. The Bertz CT molecular complexity index is 662. The molecule has 0 radical (unpaired) electrons. The Morgan fingerprint density at radius 3 is 2.20 bits per heavy atom. The molecule has 1 saturated carbocycles. The Kier molecular flexibility index (Phi) is 7.02. The molecule has 0 unspecified atom stereocenters. The molecule has 0 spiro atoms. The first-order chi connectivity index (χ1) is 11.9. The molecule has 1 aromatic carbocycles. The highest BCUT2D eigenvalue weighted by molar-refractivity contribution is 7.89. The van der Waals surface area contributed by atoms with Crippen LogP contribution in [0.5, 0.6) is 0 Å². The fraction of sp³-hybridized carbons (Fsp3) is 0.632. The van der Waals surface area contributed by atoms with Crippen molar-refractivity contribution >= 4 is 15.9 Å². The van der Waals surface area contributed by atoms with Crippen LogP contribution in [0.3, 0.4) is 0 Å². The van der Waals surface area contributed by atoms with E-state index in [0.29, 0.717) is 18.9 Å². The summed E-state index contributed by atoms with van der Waals surface area (Å²) >= 11 is 0. The summed E-state index contributed by atoms with van der Waals surface area (Å²) < 4.78 is 27.1. The minimum atomic E-state index is -3.65. The largest absolute Gasteiger partial charge is 0.348 e. The number of hydrogen-bond donors (Lipinski definition) is 0. The molecule has 6 heteroatoms. The first kappa shape index (κ1) is 19.9. The SMILES string of the molecule is CCCN(CC(=O)N(C)C)S(=O)(=O)c1ccc(C2CCCCC2)cc1. The van der Waals surface area contributed by atoms with Crippen molar-refractivity contribution in [2.75, 3.05) is 27.2 Å². The zero-order chi connectivity index (χ0) is 18.4. The predicted octanol–water partition coefficient (Wildman–Crippen LogP) is 3.22. The second-order valence-corrected chi connectivity index (χ2v) is 8.97. The highest BCUT2D eigenvalue weighted by atomic mass is 32.2. The standard InChI is InChI=1S/C19H30N2O3S/c1-4-14-21(15-19(22)20(2)3)25(23,24)18-12-10-17(11-13-18)16-8-6-5-7-9-16/h10-13,16H,4-9,14-15H2,1-3H3. The van der Waals surface area contributed by atoms with Crippen molar-refractivity contribution in [1.82, 2.24) is 9.21 Å². The van der Waals surface area contributed by atoms with Crippen LogP contribution in [0.15, 0.2) is 29.2 Å². The quantitative estimate of drug-likeness (QED) is 0.744. The van der Waals surface area contributed by atoms with Gasteiger partial charge in [-0.1, -0.05) is 38.3 Å². The van der Waals surface area contributed by atoms with E-state index in [4.69, 9.17) is 0 Å². The van der Waals surface area contributed by atoms with Crippen molar-refractivity contribution in [2.24, 2.45) is 0 Å². The van der Waals surface area contributed by atoms with Crippen molar-refractivity contribution in [1.29, 1.82) is 0 Å². The lowest BCUT2D eigenvalue weighted by Gasteiger charge is -2.24. The summed E-state index contributed by atoms with van der Waals surface area (Å²) in [6, 6.07) is 7.28. The van der Waals surface area contributed by atoms with Gasteiger partial charge in [0.1, 0.15) is 0 Å². The number of carbonyl (C=O) groups is 1. The van der Waals surface area contributed by atoms with Crippen LogP contribution in [0.4, 0.5) is 0 Å². The summed E-state index contributed by atoms with van der Waals surface area (Å²) in [5.41, 5.74) is 1.23. The summed E-state index contributed by atoms with van der Waals surface area (Å²) in [6.07, 6.45) is 6.84. The van der Waals surface area contributed by atoms with E-state index in [-0.39, 0.29) is 17.3 Å². The van der Waals surface area contributed by atoms with E-state index in [1.807, 2.05) is 19.1 Å². The highest BCUT2D eigenvalue weighted by Crippen LogP contribution is 2.33. The van der Waals surface area contributed by atoms with Crippen molar-refractivity contribution < 1.29 is 13.2 Å². The third-order valence-corrected chi connectivity index (χ3v) is 6.74.